The highest BCUT2D eigenvalue weighted by Gasteiger charge is 2.27. The molecule has 32 heavy (non-hydrogen) atoms. The minimum Gasteiger partial charge on any atom is -0.456 e. The molecule has 0 amide bonds. The number of rotatable bonds is 6. The van der Waals surface area contributed by atoms with Gasteiger partial charge in [-0.15, -0.1) is 0 Å². The number of para-hydroxylation sites is 1. The summed E-state index contributed by atoms with van der Waals surface area (Å²) in [6.07, 6.45) is 0. The smallest absolute Gasteiger partial charge is 0.239 e. The van der Waals surface area contributed by atoms with Crippen LogP contribution in [0.15, 0.2) is 87.0 Å². The second-order valence-corrected chi connectivity index (χ2v) is 10.8. The molecule has 0 fully saturated rings. The number of nitrogens with two attached hydrogens (primary N) is 1. The van der Waals surface area contributed by atoms with Crippen molar-refractivity contribution in [3.05, 3.63) is 83.9 Å². The van der Waals surface area contributed by atoms with Gasteiger partial charge in [-0.05, 0) is 42.8 Å². The average molecular weight is 470 g/mol. The van der Waals surface area contributed by atoms with Crippen molar-refractivity contribution in [3.8, 4) is 11.3 Å². The van der Waals surface area contributed by atoms with E-state index in [-0.39, 0.29) is 5.56 Å². The van der Waals surface area contributed by atoms with Gasteiger partial charge in [0, 0.05) is 16.5 Å². The number of aryl methyl sites for hydroxylation is 1. The largest absolute Gasteiger partial charge is 0.456 e. The molecule has 7 nitrogen and oxygen atoms in total. The van der Waals surface area contributed by atoms with Crippen molar-refractivity contribution in [3.63, 3.8) is 0 Å². The molecule has 0 atom stereocenters. The maximum absolute atomic E-state index is 12.8. The van der Waals surface area contributed by atoms with E-state index in [0.717, 1.165) is 28.7 Å². The Labute approximate surface area is 185 Å². The summed E-state index contributed by atoms with van der Waals surface area (Å²) in [6, 6.07) is 19.4. The molecule has 0 bridgehead atoms. The molecule has 1 aromatic heterocycles. The molecule has 3 aromatic carbocycles. The molecule has 0 radical (unpaired) electrons. The molecule has 1 heterocycles. The number of fused-ring (bicyclic) bond motifs is 1. The van der Waals surface area contributed by atoms with E-state index in [2.05, 4.69) is 0 Å². The van der Waals surface area contributed by atoms with E-state index in [1.54, 1.807) is 25.1 Å². The lowest BCUT2D eigenvalue weighted by Gasteiger charge is -2.10. The van der Waals surface area contributed by atoms with E-state index in [9.17, 15) is 21.6 Å². The Morgan fingerprint density at radius 3 is 2.19 bits per heavy atom. The molecule has 0 spiro atoms. The van der Waals surface area contributed by atoms with E-state index in [1.807, 2.05) is 30.3 Å². The van der Waals surface area contributed by atoms with Crippen LogP contribution in [0.25, 0.3) is 22.3 Å². The van der Waals surface area contributed by atoms with E-state index in [1.165, 1.54) is 12.1 Å². The quantitative estimate of drug-likeness (QED) is 0.429. The minimum absolute atomic E-state index is 0.224. The van der Waals surface area contributed by atoms with Crippen LogP contribution in [0.4, 0.5) is 0 Å². The van der Waals surface area contributed by atoms with Crippen molar-refractivity contribution in [1.29, 1.82) is 0 Å². The molecule has 0 saturated heterocycles. The first kappa shape index (κ1) is 21.9. The van der Waals surface area contributed by atoms with Crippen molar-refractivity contribution < 1.29 is 26.0 Å². The van der Waals surface area contributed by atoms with Gasteiger partial charge in [0.05, 0.1) is 4.90 Å². The Kier molecular flexibility index (Phi) is 5.49. The number of ketones is 1. The molecule has 0 aliphatic heterocycles. The lowest BCUT2D eigenvalue weighted by Crippen LogP contribution is -2.21. The monoisotopic (exact) mass is 469 g/mol. The lowest BCUT2D eigenvalue weighted by atomic mass is 10.0. The topological polar surface area (TPSA) is 125 Å². The van der Waals surface area contributed by atoms with Crippen LogP contribution in [-0.2, 0) is 19.9 Å². The number of hydrogen-bond acceptors (Lipinski definition) is 6. The zero-order chi connectivity index (χ0) is 23.1. The summed E-state index contributed by atoms with van der Waals surface area (Å²) in [5, 5.41) is 6.08. The van der Waals surface area contributed by atoms with Crippen molar-refractivity contribution in [2.24, 2.45) is 5.14 Å². The SMILES string of the molecule is Cc1cc(-c2cc3ccccc3o2)ccc1C(=O)CS(=O)(=O)c1ccccc1S(N)(=O)=O. The van der Waals surface area contributed by atoms with E-state index >= 15 is 0 Å². The second kappa shape index (κ2) is 8.01. The number of carbonyl (C=O) groups excluding carboxylic acids is 1. The third kappa shape index (κ3) is 4.22. The molecule has 0 saturated carbocycles. The van der Waals surface area contributed by atoms with Crippen LogP contribution in [-0.4, -0.2) is 28.4 Å². The zero-order valence-electron chi connectivity index (χ0n) is 17.0. The normalized spacial score (nSPS) is 12.2. The van der Waals surface area contributed by atoms with Crippen molar-refractivity contribution >= 4 is 36.6 Å². The van der Waals surface area contributed by atoms with Crippen LogP contribution in [0.2, 0.25) is 0 Å². The number of hydrogen-bond donors (Lipinski definition) is 1. The molecule has 9 heteroatoms. The number of carbonyl (C=O) groups is 1. The number of Topliss-reactive ketones (excluding diaryl/α,β-unsaturated/α-hetero) is 1. The fourth-order valence-corrected chi connectivity index (χ4v) is 6.19. The van der Waals surface area contributed by atoms with Crippen LogP contribution in [0.3, 0.4) is 0 Å². The first-order valence-electron chi connectivity index (χ1n) is 9.54. The highest BCUT2D eigenvalue weighted by molar-refractivity contribution is 7.94. The minimum atomic E-state index is -4.27. The Bertz CT molecular complexity index is 1530. The fourth-order valence-electron chi connectivity index (χ4n) is 3.52. The standard InChI is InChI=1S/C23H19NO6S2/c1-15-12-17(21-13-16-6-2-3-7-20(16)30-21)10-11-18(15)19(25)14-31(26,27)22-8-4-5-9-23(22)32(24,28)29/h2-13H,14H2,1H3,(H2,24,28,29). The summed E-state index contributed by atoms with van der Waals surface area (Å²) in [6.45, 7) is 1.70. The van der Waals surface area contributed by atoms with Crippen LogP contribution < -0.4 is 5.14 Å². The Balaban J connectivity index is 1.64. The molecule has 0 unspecified atom stereocenters. The predicted molar refractivity (Wildman–Crippen MR) is 121 cm³/mol. The van der Waals surface area contributed by atoms with Gasteiger partial charge in [0.1, 0.15) is 22.0 Å². The molecule has 4 rings (SSSR count). The number of benzene rings is 3. The molecular formula is C23H19NO6S2. The summed E-state index contributed by atoms with van der Waals surface area (Å²) >= 11 is 0. The third-order valence-corrected chi connectivity index (χ3v) is 7.82. The van der Waals surface area contributed by atoms with Crippen LogP contribution in [0.1, 0.15) is 15.9 Å². The Morgan fingerprint density at radius 1 is 0.875 bits per heavy atom. The third-order valence-electron chi connectivity index (χ3n) is 5.05. The van der Waals surface area contributed by atoms with Crippen LogP contribution in [0, 0.1) is 6.92 Å². The van der Waals surface area contributed by atoms with Crippen molar-refractivity contribution in [2.45, 2.75) is 16.7 Å². The highest BCUT2D eigenvalue weighted by atomic mass is 32.2. The number of primary sulfonamides is 1. The summed E-state index contributed by atoms with van der Waals surface area (Å²) in [5.74, 6) is -0.907. The van der Waals surface area contributed by atoms with Crippen LogP contribution >= 0.6 is 0 Å². The van der Waals surface area contributed by atoms with Gasteiger partial charge in [0.25, 0.3) is 0 Å². The molecule has 2 N–H and O–H groups in total. The van der Waals surface area contributed by atoms with Crippen molar-refractivity contribution in [1.82, 2.24) is 0 Å². The first-order valence-corrected chi connectivity index (χ1v) is 12.7. The highest BCUT2D eigenvalue weighted by Crippen LogP contribution is 2.29. The van der Waals surface area contributed by atoms with E-state index < -0.39 is 41.2 Å². The van der Waals surface area contributed by atoms with Gasteiger partial charge >= 0.3 is 0 Å². The second-order valence-electron chi connectivity index (χ2n) is 7.35. The van der Waals surface area contributed by atoms with Gasteiger partial charge in [0.2, 0.25) is 10.0 Å². The molecule has 0 aliphatic carbocycles. The summed E-state index contributed by atoms with van der Waals surface area (Å²) in [7, 11) is -8.52. The van der Waals surface area contributed by atoms with Gasteiger partial charge in [-0.25, -0.2) is 22.0 Å². The summed E-state index contributed by atoms with van der Waals surface area (Å²) in [4.78, 5) is 11.8. The zero-order valence-corrected chi connectivity index (χ0v) is 18.6. The molecule has 164 valence electrons. The maximum atomic E-state index is 12.8. The fraction of sp³-hybridized carbons (Fsp3) is 0.0870. The summed E-state index contributed by atoms with van der Waals surface area (Å²) in [5.41, 5.74) is 2.28. The summed E-state index contributed by atoms with van der Waals surface area (Å²) < 4.78 is 55.0. The number of furan rings is 1. The van der Waals surface area contributed by atoms with Gasteiger partial charge in [-0.2, -0.15) is 0 Å². The number of sulfone groups is 1. The van der Waals surface area contributed by atoms with Crippen molar-refractivity contribution in [2.75, 3.05) is 5.75 Å². The molecular weight excluding hydrogens is 450 g/mol. The average Bonchev–Trinajstić information content (AvgIpc) is 3.17. The Hall–Kier alpha value is -3.27. The maximum Gasteiger partial charge on any atom is 0.239 e. The molecule has 0 aliphatic rings. The number of sulfonamides is 1. The Morgan fingerprint density at radius 2 is 1.53 bits per heavy atom. The predicted octanol–water partition coefficient (Wildman–Crippen LogP) is 3.71. The van der Waals surface area contributed by atoms with E-state index in [4.69, 9.17) is 9.56 Å². The van der Waals surface area contributed by atoms with Crippen LogP contribution in [0.5, 0.6) is 0 Å². The lowest BCUT2D eigenvalue weighted by molar-refractivity contribution is 0.102. The van der Waals surface area contributed by atoms with Gasteiger partial charge < -0.3 is 4.42 Å². The van der Waals surface area contributed by atoms with Gasteiger partial charge in [-0.3, -0.25) is 4.79 Å². The van der Waals surface area contributed by atoms with E-state index in [0.29, 0.717) is 11.3 Å². The molecule has 4 aromatic rings. The van der Waals surface area contributed by atoms with Gasteiger partial charge in [-0.1, -0.05) is 42.5 Å². The first-order chi connectivity index (χ1) is 15.1. The van der Waals surface area contributed by atoms with Gasteiger partial charge in [0.15, 0.2) is 15.6 Å².